The van der Waals surface area contributed by atoms with Crippen LogP contribution in [-0.4, -0.2) is 44.6 Å². The summed E-state index contributed by atoms with van der Waals surface area (Å²) >= 11 is 0. The van der Waals surface area contributed by atoms with E-state index in [9.17, 15) is 14.0 Å². The summed E-state index contributed by atoms with van der Waals surface area (Å²) in [5, 5.41) is 7.48. The molecule has 0 atom stereocenters. The number of piperidine rings is 1. The van der Waals surface area contributed by atoms with Gasteiger partial charge >= 0.3 is 0 Å². The molecule has 8 heteroatoms. The molecule has 0 spiro atoms. The predicted molar refractivity (Wildman–Crippen MR) is 136 cm³/mol. The molecular weight excluding hydrogens is 457 g/mol. The van der Waals surface area contributed by atoms with Crippen LogP contribution in [-0.2, 0) is 11.3 Å². The summed E-state index contributed by atoms with van der Waals surface area (Å²) in [6.45, 7) is 1.70. The number of benzene rings is 3. The van der Waals surface area contributed by atoms with Crippen LogP contribution in [0.15, 0.2) is 78.9 Å². The summed E-state index contributed by atoms with van der Waals surface area (Å²) in [7, 11) is 0. The van der Waals surface area contributed by atoms with Gasteiger partial charge in [0.05, 0.1) is 0 Å². The van der Waals surface area contributed by atoms with Gasteiger partial charge in [0.2, 0.25) is 5.91 Å². The first kappa shape index (κ1) is 23.4. The molecule has 1 saturated heterocycles. The fourth-order valence-corrected chi connectivity index (χ4v) is 4.25. The van der Waals surface area contributed by atoms with Gasteiger partial charge in [-0.15, -0.1) is 5.10 Å². The van der Waals surface area contributed by atoms with Gasteiger partial charge in [-0.05, 0) is 67.8 Å². The quantitative estimate of drug-likeness (QED) is 0.418. The van der Waals surface area contributed by atoms with Crippen LogP contribution in [0.2, 0.25) is 0 Å². The van der Waals surface area contributed by atoms with E-state index in [1.807, 2.05) is 47.4 Å². The monoisotopic (exact) mass is 483 g/mol. The minimum atomic E-state index is -0.393. The molecule has 1 fully saturated rings. The highest BCUT2D eigenvalue weighted by molar-refractivity contribution is 6.04. The molecular formula is C28H26FN5O2. The van der Waals surface area contributed by atoms with Gasteiger partial charge in [0.25, 0.3) is 5.91 Å². The molecule has 2 heterocycles. The fourth-order valence-electron chi connectivity index (χ4n) is 4.25. The van der Waals surface area contributed by atoms with E-state index in [2.05, 4.69) is 10.4 Å². The second kappa shape index (κ2) is 10.5. The summed E-state index contributed by atoms with van der Waals surface area (Å²) in [5.74, 6) is 0.451. The Labute approximate surface area is 208 Å². The number of carbonyl (C=O) groups excluding carboxylic acids is 2. The van der Waals surface area contributed by atoms with Gasteiger partial charge in [-0.25, -0.2) is 14.1 Å². The Hall–Kier alpha value is -4.33. The molecule has 0 aliphatic carbocycles. The molecule has 4 aromatic rings. The number of nitrogens with zero attached hydrogens (tertiary/aromatic N) is 4. The van der Waals surface area contributed by atoms with Crippen LogP contribution in [0.4, 0.5) is 10.1 Å². The highest BCUT2D eigenvalue weighted by Crippen LogP contribution is 2.24. The molecule has 1 aliphatic rings. The lowest BCUT2D eigenvalue weighted by molar-refractivity contribution is -0.132. The summed E-state index contributed by atoms with van der Waals surface area (Å²) in [6, 6.07) is 22.2. The van der Waals surface area contributed by atoms with E-state index in [-0.39, 0.29) is 18.4 Å². The zero-order chi connectivity index (χ0) is 24.9. The number of halogens is 1. The molecule has 5 rings (SSSR count). The number of likely N-dealkylation sites (tertiary alicyclic amines) is 1. The summed E-state index contributed by atoms with van der Waals surface area (Å²) in [6.07, 6.45) is 3.22. The first-order chi connectivity index (χ1) is 17.6. The summed E-state index contributed by atoms with van der Waals surface area (Å²) in [4.78, 5) is 32.0. The standard InChI is InChI=1S/C28H26FN5O2/c29-23-13-9-22(10-14-23)28(36)30-24-15-11-20(12-16-24)26-31-27(21-7-3-1-4-8-21)34(32-26)19-25(35)33-17-5-2-6-18-33/h1,3-4,7-16H,2,5-6,17-19H2,(H,30,36). The average Bonchev–Trinajstić information content (AvgIpc) is 3.34. The highest BCUT2D eigenvalue weighted by atomic mass is 19.1. The molecule has 3 aromatic carbocycles. The average molecular weight is 484 g/mol. The molecule has 0 saturated carbocycles. The number of carbonyl (C=O) groups is 2. The second-order valence-corrected chi connectivity index (χ2v) is 8.76. The van der Waals surface area contributed by atoms with Crippen molar-refractivity contribution in [3.05, 3.63) is 90.2 Å². The van der Waals surface area contributed by atoms with Crippen LogP contribution in [0.25, 0.3) is 22.8 Å². The Balaban J connectivity index is 1.37. The van der Waals surface area contributed by atoms with Gasteiger partial charge in [-0.2, -0.15) is 0 Å². The van der Waals surface area contributed by atoms with Crippen molar-refractivity contribution in [3.8, 4) is 22.8 Å². The van der Waals surface area contributed by atoms with Crippen LogP contribution in [0.3, 0.4) is 0 Å². The third kappa shape index (κ3) is 5.33. The first-order valence-electron chi connectivity index (χ1n) is 12.0. The largest absolute Gasteiger partial charge is 0.341 e. The maximum atomic E-state index is 13.1. The number of rotatable bonds is 6. The van der Waals surface area contributed by atoms with Gasteiger partial charge < -0.3 is 10.2 Å². The van der Waals surface area contributed by atoms with Crippen molar-refractivity contribution in [1.82, 2.24) is 19.7 Å². The molecule has 36 heavy (non-hydrogen) atoms. The number of hydrogen-bond acceptors (Lipinski definition) is 4. The van der Waals surface area contributed by atoms with Gasteiger partial charge in [-0.1, -0.05) is 30.3 Å². The fraction of sp³-hybridized carbons (Fsp3) is 0.214. The Morgan fingerprint density at radius 2 is 1.53 bits per heavy atom. The molecule has 2 amide bonds. The van der Waals surface area contributed by atoms with Crippen LogP contribution >= 0.6 is 0 Å². The van der Waals surface area contributed by atoms with E-state index >= 15 is 0 Å². The number of nitrogens with one attached hydrogen (secondary N) is 1. The third-order valence-corrected chi connectivity index (χ3v) is 6.20. The van der Waals surface area contributed by atoms with Crippen LogP contribution in [0.1, 0.15) is 29.6 Å². The van der Waals surface area contributed by atoms with Crippen molar-refractivity contribution in [2.24, 2.45) is 0 Å². The smallest absolute Gasteiger partial charge is 0.255 e. The minimum Gasteiger partial charge on any atom is -0.341 e. The van der Waals surface area contributed by atoms with Crippen molar-refractivity contribution in [1.29, 1.82) is 0 Å². The Kier molecular flexibility index (Phi) is 6.84. The molecule has 1 aromatic heterocycles. The third-order valence-electron chi connectivity index (χ3n) is 6.20. The number of aromatic nitrogens is 3. The lowest BCUT2D eigenvalue weighted by atomic mass is 10.1. The summed E-state index contributed by atoms with van der Waals surface area (Å²) < 4.78 is 14.8. The van der Waals surface area contributed by atoms with E-state index in [1.165, 1.54) is 24.3 Å². The lowest BCUT2D eigenvalue weighted by Gasteiger charge is -2.26. The number of hydrogen-bond donors (Lipinski definition) is 1. The zero-order valence-corrected chi connectivity index (χ0v) is 19.7. The maximum absolute atomic E-state index is 13.1. The summed E-state index contributed by atoms with van der Waals surface area (Å²) in [5.41, 5.74) is 2.60. The van der Waals surface area contributed by atoms with Crippen LogP contribution < -0.4 is 5.32 Å². The van der Waals surface area contributed by atoms with Crippen LogP contribution in [0.5, 0.6) is 0 Å². The Morgan fingerprint density at radius 1 is 0.833 bits per heavy atom. The topological polar surface area (TPSA) is 80.1 Å². The Morgan fingerprint density at radius 3 is 2.22 bits per heavy atom. The van der Waals surface area contributed by atoms with Gasteiger partial charge in [0.15, 0.2) is 11.6 Å². The van der Waals surface area contributed by atoms with Crippen molar-refractivity contribution >= 4 is 17.5 Å². The number of anilines is 1. The van der Waals surface area contributed by atoms with Crippen molar-refractivity contribution in [3.63, 3.8) is 0 Å². The molecule has 7 nitrogen and oxygen atoms in total. The number of amides is 2. The van der Waals surface area contributed by atoms with Crippen molar-refractivity contribution < 1.29 is 14.0 Å². The Bertz CT molecular complexity index is 1350. The van der Waals surface area contributed by atoms with Gasteiger partial charge in [0, 0.05) is 35.5 Å². The van der Waals surface area contributed by atoms with Gasteiger partial charge in [0.1, 0.15) is 12.4 Å². The molecule has 1 aliphatic heterocycles. The van der Waals surface area contributed by atoms with E-state index in [1.54, 1.807) is 16.8 Å². The molecule has 1 N–H and O–H groups in total. The molecule has 0 bridgehead atoms. The van der Waals surface area contributed by atoms with Crippen molar-refractivity contribution in [2.75, 3.05) is 18.4 Å². The van der Waals surface area contributed by atoms with Crippen LogP contribution in [0, 0.1) is 5.82 Å². The van der Waals surface area contributed by atoms with E-state index in [0.717, 1.165) is 43.5 Å². The molecule has 0 radical (unpaired) electrons. The lowest BCUT2D eigenvalue weighted by Crippen LogP contribution is -2.38. The zero-order valence-electron chi connectivity index (χ0n) is 19.7. The van der Waals surface area contributed by atoms with E-state index in [4.69, 9.17) is 4.98 Å². The highest BCUT2D eigenvalue weighted by Gasteiger charge is 2.21. The first-order valence-corrected chi connectivity index (χ1v) is 12.0. The predicted octanol–water partition coefficient (Wildman–Crippen LogP) is 5.02. The van der Waals surface area contributed by atoms with Crippen molar-refractivity contribution in [2.45, 2.75) is 25.8 Å². The normalized spacial score (nSPS) is 13.4. The van der Waals surface area contributed by atoms with E-state index in [0.29, 0.717) is 22.9 Å². The second-order valence-electron chi connectivity index (χ2n) is 8.76. The minimum absolute atomic E-state index is 0.0437. The SMILES string of the molecule is O=C(Nc1ccc(-c2nc(-c3ccccc3)n(CC(=O)N3CCCCC3)n2)cc1)c1ccc(F)cc1. The molecule has 182 valence electrons. The van der Waals surface area contributed by atoms with E-state index < -0.39 is 5.82 Å². The maximum Gasteiger partial charge on any atom is 0.255 e. The van der Waals surface area contributed by atoms with Gasteiger partial charge in [-0.3, -0.25) is 9.59 Å². The molecule has 0 unspecified atom stereocenters.